The van der Waals surface area contributed by atoms with Gasteiger partial charge in [-0.15, -0.1) is 0 Å². The van der Waals surface area contributed by atoms with Crippen molar-refractivity contribution in [2.45, 2.75) is 19.1 Å². The summed E-state index contributed by atoms with van der Waals surface area (Å²) < 4.78 is 15.1. The fourth-order valence-electron chi connectivity index (χ4n) is 4.35. The van der Waals surface area contributed by atoms with Crippen LogP contribution in [0.5, 0.6) is 11.5 Å². The van der Waals surface area contributed by atoms with Gasteiger partial charge in [-0.2, -0.15) is 0 Å². The van der Waals surface area contributed by atoms with Crippen LogP contribution in [0.15, 0.2) is 63.3 Å². The van der Waals surface area contributed by atoms with Crippen LogP contribution < -0.4 is 20.7 Å². The smallest absolute Gasteiger partial charge is 0.332 e. The molecule has 10 heteroatoms. The highest BCUT2D eigenvalue weighted by Gasteiger charge is 2.27. The van der Waals surface area contributed by atoms with Crippen LogP contribution in [-0.2, 0) is 25.5 Å². The molecule has 0 saturated heterocycles. The van der Waals surface area contributed by atoms with Crippen molar-refractivity contribution in [3.8, 4) is 22.9 Å². The van der Waals surface area contributed by atoms with E-state index in [0.29, 0.717) is 47.0 Å². The molecule has 180 valence electrons. The van der Waals surface area contributed by atoms with E-state index in [1.807, 2.05) is 36.4 Å². The molecule has 1 atom stereocenters. The van der Waals surface area contributed by atoms with E-state index in [9.17, 15) is 9.59 Å². The molecule has 3 heterocycles. The Morgan fingerprint density at radius 1 is 0.971 bits per heavy atom. The maximum absolute atomic E-state index is 13.2. The Bertz CT molecular complexity index is 1570. The van der Waals surface area contributed by atoms with Crippen molar-refractivity contribution in [3.63, 3.8) is 0 Å². The van der Waals surface area contributed by atoms with E-state index in [0.717, 1.165) is 15.8 Å². The number of fused-ring (bicyclic) bond motifs is 1. The van der Waals surface area contributed by atoms with Crippen LogP contribution in [0.1, 0.15) is 12.0 Å². The van der Waals surface area contributed by atoms with Crippen LogP contribution in [0.3, 0.4) is 0 Å². The van der Waals surface area contributed by atoms with Gasteiger partial charge in [-0.1, -0.05) is 35.5 Å². The predicted molar refractivity (Wildman–Crippen MR) is 131 cm³/mol. The third kappa shape index (κ3) is 3.76. The lowest BCUT2D eigenvalue weighted by atomic mass is 10.1. The van der Waals surface area contributed by atoms with E-state index in [4.69, 9.17) is 19.3 Å². The van der Waals surface area contributed by atoms with Gasteiger partial charge < -0.3 is 18.9 Å². The van der Waals surface area contributed by atoms with Crippen molar-refractivity contribution < 1.29 is 14.3 Å². The summed E-state index contributed by atoms with van der Waals surface area (Å²) in [6.45, 7) is 0.313. The van der Waals surface area contributed by atoms with Crippen LogP contribution in [0.25, 0.3) is 22.6 Å². The number of aromatic nitrogens is 4. The molecule has 35 heavy (non-hydrogen) atoms. The quantitative estimate of drug-likeness (QED) is 0.424. The number of ether oxygens (including phenoxy) is 2. The fraction of sp³-hybridized carbons (Fsp3) is 0.280. The molecule has 2 aromatic heterocycles. The summed E-state index contributed by atoms with van der Waals surface area (Å²) in [5.41, 5.74) is 2.27. The minimum absolute atomic E-state index is 0.296. The first kappa shape index (κ1) is 22.5. The van der Waals surface area contributed by atoms with Crippen LogP contribution in [0.2, 0.25) is 0 Å². The Kier molecular flexibility index (Phi) is 5.64. The van der Waals surface area contributed by atoms with Crippen LogP contribution in [0.4, 0.5) is 0 Å². The first-order valence-electron chi connectivity index (χ1n) is 11.1. The molecule has 0 spiro atoms. The molecule has 5 rings (SSSR count). The van der Waals surface area contributed by atoms with E-state index in [1.54, 1.807) is 38.0 Å². The topological polar surface area (TPSA) is 102 Å². The minimum atomic E-state index is -0.446. The van der Waals surface area contributed by atoms with Gasteiger partial charge >= 0.3 is 5.69 Å². The first-order chi connectivity index (χ1) is 16.9. The Labute approximate surface area is 200 Å². The standard InChI is InChI=1S/C25H25N5O5/c1-28-23-21(24(31)29(2)25(28)32)30(14-17-13-18(27-35-17)15-8-6-5-7-9-15)22(26-23)16-10-11-19(33-3)20(12-16)34-4/h5-12,17H,13-14H2,1-4H3/t17-/m0/s1. The predicted octanol–water partition coefficient (Wildman–Crippen LogP) is 2.31. The zero-order valence-electron chi connectivity index (χ0n) is 19.9. The summed E-state index contributed by atoms with van der Waals surface area (Å²) in [6, 6.07) is 15.2. The van der Waals surface area contributed by atoms with Gasteiger partial charge in [0.15, 0.2) is 28.8 Å². The number of nitrogens with zero attached hydrogens (tertiary/aromatic N) is 5. The molecule has 0 bridgehead atoms. The third-order valence-electron chi connectivity index (χ3n) is 6.22. The van der Waals surface area contributed by atoms with Gasteiger partial charge in [0.25, 0.3) is 5.56 Å². The van der Waals surface area contributed by atoms with Crippen molar-refractivity contribution >= 4 is 16.9 Å². The third-order valence-corrected chi connectivity index (χ3v) is 6.22. The van der Waals surface area contributed by atoms with Crippen LogP contribution in [0, 0.1) is 0 Å². The number of rotatable bonds is 6. The monoisotopic (exact) mass is 475 g/mol. The Balaban J connectivity index is 1.63. The second-order valence-corrected chi connectivity index (χ2v) is 8.33. The second-order valence-electron chi connectivity index (χ2n) is 8.33. The van der Waals surface area contributed by atoms with Gasteiger partial charge in [-0.05, 0) is 23.8 Å². The average molecular weight is 476 g/mol. The van der Waals surface area contributed by atoms with Crippen molar-refractivity contribution in [1.29, 1.82) is 0 Å². The lowest BCUT2D eigenvalue weighted by molar-refractivity contribution is 0.0736. The summed E-state index contributed by atoms with van der Waals surface area (Å²) >= 11 is 0. The summed E-state index contributed by atoms with van der Waals surface area (Å²) in [5, 5.41) is 4.28. The molecule has 0 aliphatic carbocycles. The molecular formula is C25H25N5O5. The number of hydrogen-bond donors (Lipinski definition) is 0. The highest BCUT2D eigenvalue weighted by Crippen LogP contribution is 2.33. The Morgan fingerprint density at radius 2 is 1.71 bits per heavy atom. The molecule has 1 aliphatic heterocycles. The molecule has 0 unspecified atom stereocenters. The fourth-order valence-corrected chi connectivity index (χ4v) is 4.35. The van der Waals surface area contributed by atoms with Crippen LogP contribution >= 0.6 is 0 Å². The van der Waals surface area contributed by atoms with Gasteiger partial charge in [-0.3, -0.25) is 13.9 Å². The maximum Gasteiger partial charge on any atom is 0.332 e. The number of benzene rings is 2. The summed E-state index contributed by atoms with van der Waals surface area (Å²) in [6.07, 6.45) is 0.254. The van der Waals surface area contributed by atoms with Crippen molar-refractivity contribution in [2.75, 3.05) is 14.2 Å². The molecule has 10 nitrogen and oxygen atoms in total. The van der Waals surface area contributed by atoms with Gasteiger partial charge in [0.2, 0.25) is 0 Å². The van der Waals surface area contributed by atoms with Crippen molar-refractivity contribution in [1.82, 2.24) is 18.7 Å². The molecular weight excluding hydrogens is 450 g/mol. The molecule has 0 radical (unpaired) electrons. The Morgan fingerprint density at radius 3 is 2.43 bits per heavy atom. The first-order valence-corrected chi connectivity index (χ1v) is 11.1. The summed E-state index contributed by atoms with van der Waals surface area (Å²) in [4.78, 5) is 36.3. The van der Waals surface area contributed by atoms with Crippen molar-refractivity contribution in [2.24, 2.45) is 19.3 Å². The molecule has 0 amide bonds. The Hall–Kier alpha value is -4.34. The van der Waals surface area contributed by atoms with E-state index < -0.39 is 11.2 Å². The highest BCUT2D eigenvalue weighted by molar-refractivity contribution is 6.01. The molecule has 0 fully saturated rings. The molecule has 0 saturated carbocycles. The second kappa shape index (κ2) is 8.79. The lowest BCUT2D eigenvalue weighted by Crippen LogP contribution is -2.37. The minimum Gasteiger partial charge on any atom is -0.493 e. The van der Waals surface area contributed by atoms with Crippen LogP contribution in [-0.4, -0.2) is 44.7 Å². The number of aryl methyl sites for hydroxylation is 1. The SMILES string of the molecule is COc1ccc(-c2nc3c(c(=O)n(C)c(=O)n3C)n2C[C@@H]2CC(c3ccccc3)=NO2)cc1OC. The van der Waals surface area contributed by atoms with Gasteiger partial charge in [0.1, 0.15) is 5.82 Å². The zero-order chi connectivity index (χ0) is 24.7. The number of methoxy groups -OCH3 is 2. The maximum atomic E-state index is 13.2. The average Bonchev–Trinajstić information content (AvgIpc) is 3.52. The summed E-state index contributed by atoms with van der Waals surface area (Å²) in [7, 11) is 6.18. The van der Waals surface area contributed by atoms with Crippen molar-refractivity contribution in [3.05, 3.63) is 74.9 Å². The molecule has 1 aliphatic rings. The molecule has 2 aromatic carbocycles. The van der Waals surface area contributed by atoms with E-state index in [1.165, 1.54) is 11.6 Å². The molecule has 0 N–H and O–H groups in total. The largest absolute Gasteiger partial charge is 0.493 e. The summed E-state index contributed by atoms with van der Waals surface area (Å²) in [5.74, 6) is 1.61. The van der Waals surface area contributed by atoms with Gasteiger partial charge in [-0.25, -0.2) is 9.78 Å². The number of hydrogen-bond acceptors (Lipinski definition) is 7. The normalized spacial score (nSPS) is 15.2. The zero-order valence-corrected chi connectivity index (χ0v) is 19.9. The lowest BCUT2D eigenvalue weighted by Gasteiger charge is -2.14. The number of oxime groups is 1. The van der Waals surface area contributed by atoms with E-state index in [2.05, 4.69) is 5.16 Å². The highest BCUT2D eigenvalue weighted by atomic mass is 16.6. The van der Waals surface area contributed by atoms with Gasteiger partial charge in [0, 0.05) is 26.1 Å². The van der Waals surface area contributed by atoms with E-state index >= 15 is 0 Å². The van der Waals surface area contributed by atoms with E-state index in [-0.39, 0.29) is 6.10 Å². The van der Waals surface area contributed by atoms with Gasteiger partial charge in [0.05, 0.1) is 26.5 Å². The number of imidazole rings is 1. The molecule has 4 aromatic rings.